The predicted octanol–water partition coefficient (Wildman–Crippen LogP) is 11.7. The first-order chi connectivity index (χ1) is 28.3. The van der Waals surface area contributed by atoms with E-state index in [0.717, 1.165) is 116 Å². The third-order valence-electron chi connectivity index (χ3n) is 9.30. The standard InChI is InChI=1S/C44H74F6NO8P/c1-51(2,3)36-37-57-60(54,55)58-39-40(59-42(53)33-29-25-21-17-13-9-5-7-11-15-19-23-27-31-35-44(48,49)50)38-56-41(52)32-28-24-20-16-12-8-4-6-10-14-18-22-26-30-34-43(45,46)47/h40H,8-39H2,1-3H3/t40-/m1/s1. The second kappa shape index (κ2) is 35.2. The number of unbranched alkanes of at least 4 members (excludes halogenated alkanes) is 20. The van der Waals surface area contributed by atoms with Crippen molar-refractivity contribution in [2.75, 3.05) is 47.5 Å². The molecular formula is C44H74F6NO8P. The van der Waals surface area contributed by atoms with E-state index < -0.39 is 57.7 Å². The van der Waals surface area contributed by atoms with Crippen LogP contribution in [0, 0.1) is 23.7 Å². The van der Waals surface area contributed by atoms with Crippen molar-refractivity contribution in [3.8, 4) is 23.7 Å². The van der Waals surface area contributed by atoms with E-state index in [-0.39, 0.29) is 38.9 Å². The van der Waals surface area contributed by atoms with Gasteiger partial charge in [-0.25, -0.2) is 0 Å². The molecule has 0 heterocycles. The van der Waals surface area contributed by atoms with Crippen LogP contribution in [0.4, 0.5) is 26.3 Å². The van der Waals surface area contributed by atoms with E-state index in [1.807, 2.05) is 21.1 Å². The number of ether oxygens (including phenoxy) is 2. The van der Waals surface area contributed by atoms with Crippen LogP contribution in [0.2, 0.25) is 0 Å². The summed E-state index contributed by atoms with van der Waals surface area (Å²) in [6.07, 6.45) is 7.67. The molecule has 0 fully saturated rings. The van der Waals surface area contributed by atoms with Gasteiger partial charge in [0.2, 0.25) is 0 Å². The zero-order chi connectivity index (χ0) is 45.0. The molecular weight excluding hydrogens is 815 g/mol. The first-order valence-electron chi connectivity index (χ1n) is 22.1. The summed E-state index contributed by atoms with van der Waals surface area (Å²) in [5.74, 6) is 11.5. The van der Waals surface area contributed by atoms with E-state index in [9.17, 15) is 45.4 Å². The summed E-state index contributed by atoms with van der Waals surface area (Å²) in [5, 5.41) is 0. The lowest BCUT2D eigenvalue weighted by molar-refractivity contribution is -0.870. The van der Waals surface area contributed by atoms with Crippen molar-refractivity contribution < 1.29 is 68.4 Å². The molecule has 0 aliphatic rings. The van der Waals surface area contributed by atoms with E-state index in [1.54, 1.807) is 0 Å². The van der Waals surface area contributed by atoms with Crippen molar-refractivity contribution in [2.24, 2.45) is 0 Å². The fraction of sp³-hybridized carbons (Fsp3) is 0.864. The minimum atomic E-state index is -4.70. The topological polar surface area (TPSA) is 111 Å². The maximum absolute atomic E-state index is 12.6. The Kier molecular flexibility index (Phi) is 33.9. The normalized spacial score (nSPS) is 13.4. The Morgan fingerprint density at radius 1 is 0.550 bits per heavy atom. The number of carbonyl (C=O) groups is 2. The molecule has 16 heteroatoms. The summed E-state index contributed by atoms with van der Waals surface area (Å²) in [5.41, 5.74) is 0. The van der Waals surface area contributed by atoms with Gasteiger partial charge in [-0.1, -0.05) is 77.0 Å². The van der Waals surface area contributed by atoms with Crippen molar-refractivity contribution in [3.05, 3.63) is 0 Å². The van der Waals surface area contributed by atoms with Gasteiger partial charge >= 0.3 is 24.3 Å². The minimum Gasteiger partial charge on any atom is -0.756 e. The first kappa shape index (κ1) is 57.7. The first-order valence-corrected chi connectivity index (χ1v) is 23.5. The fourth-order valence-electron chi connectivity index (χ4n) is 5.78. The van der Waals surface area contributed by atoms with Crippen LogP contribution in [0.5, 0.6) is 0 Å². The number of phosphoric ester groups is 1. The monoisotopic (exact) mass is 890 g/mol. The minimum absolute atomic E-state index is 0.0928. The lowest BCUT2D eigenvalue weighted by atomic mass is 10.1. The summed E-state index contributed by atoms with van der Waals surface area (Å²) in [6, 6.07) is 0. The number of hydrogen-bond acceptors (Lipinski definition) is 8. The molecule has 0 amide bonds. The molecule has 0 aromatic carbocycles. The van der Waals surface area contributed by atoms with Crippen molar-refractivity contribution >= 4 is 19.8 Å². The Morgan fingerprint density at radius 2 is 0.917 bits per heavy atom. The van der Waals surface area contributed by atoms with Gasteiger partial charge in [0.05, 0.1) is 27.7 Å². The molecule has 0 bridgehead atoms. The number of carbonyl (C=O) groups excluding carboxylic acids is 2. The number of phosphoric acid groups is 1. The highest BCUT2D eigenvalue weighted by atomic mass is 31.2. The van der Waals surface area contributed by atoms with Gasteiger partial charge in [0.1, 0.15) is 19.8 Å². The molecule has 0 rings (SSSR count). The zero-order valence-corrected chi connectivity index (χ0v) is 37.5. The van der Waals surface area contributed by atoms with Gasteiger partial charge in [0.25, 0.3) is 7.82 Å². The van der Waals surface area contributed by atoms with Crippen LogP contribution < -0.4 is 4.89 Å². The Balaban J connectivity index is 4.36. The van der Waals surface area contributed by atoms with Crippen LogP contribution in [0.25, 0.3) is 0 Å². The number of quaternary nitrogens is 1. The highest BCUT2D eigenvalue weighted by Gasteiger charge is 2.26. The fourth-order valence-corrected chi connectivity index (χ4v) is 6.50. The van der Waals surface area contributed by atoms with Crippen molar-refractivity contribution in [2.45, 2.75) is 198 Å². The molecule has 350 valence electrons. The number of hydrogen-bond donors (Lipinski definition) is 0. The summed E-state index contributed by atoms with van der Waals surface area (Å²) in [4.78, 5) is 37.4. The smallest absolute Gasteiger partial charge is 0.389 e. The highest BCUT2D eigenvalue weighted by Crippen LogP contribution is 2.38. The quantitative estimate of drug-likeness (QED) is 0.0153. The largest absolute Gasteiger partial charge is 0.756 e. The molecule has 0 N–H and O–H groups in total. The highest BCUT2D eigenvalue weighted by molar-refractivity contribution is 7.45. The zero-order valence-electron chi connectivity index (χ0n) is 36.6. The van der Waals surface area contributed by atoms with Gasteiger partial charge in [-0.3, -0.25) is 14.2 Å². The van der Waals surface area contributed by atoms with Crippen LogP contribution in [-0.2, 0) is 32.7 Å². The number of nitrogens with zero attached hydrogens (tertiary/aromatic N) is 1. The Bertz CT molecular complexity index is 1280. The predicted molar refractivity (Wildman–Crippen MR) is 220 cm³/mol. The number of rotatable bonds is 36. The van der Waals surface area contributed by atoms with E-state index >= 15 is 0 Å². The van der Waals surface area contributed by atoms with Gasteiger partial charge in [-0.2, -0.15) is 26.3 Å². The van der Waals surface area contributed by atoms with Crippen LogP contribution in [0.3, 0.4) is 0 Å². The summed E-state index contributed by atoms with van der Waals surface area (Å²) < 4.78 is 107. The number of likely N-dealkylation sites (N-methyl/N-ethyl adjacent to an activating group) is 1. The molecule has 0 saturated carbocycles. The molecule has 0 radical (unpaired) electrons. The Labute approximate surface area is 357 Å². The molecule has 0 saturated heterocycles. The maximum atomic E-state index is 12.6. The lowest BCUT2D eigenvalue weighted by Gasteiger charge is -2.28. The SMILES string of the molecule is C[N+](C)(C)CCOP(=O)([O-])OC[C@@H](COC(=O)CCCCCCCC#CCCCCCCCC(F)(F)F)OC(=O)CCCCCCCC#CCCCCCCCC(F)(F)F. The van der Waals surface area contributed by atoms with Gasteiger partial charge in [0, 0.05) is 51.4 Å². The molecule has 0 aliphatic carbocycles. The van der Waals surface area contributed by atoms with E-state index in [2.05, 4.69) is 23.7 Å². The summed E-state index contributed by atoms with van der Waals surface area (Å²) in [7, 11) is 0.946. The number of halogens is 6. The maximum Gasteiger partial charge on any atom is 0.389 e. The average molecular weight is 890 g/mol. The molecule has 60 heavy (non-hydrogen) atoms. The summed E-state index contributed by atoms with van der Waals surface area (Å²) >= 11 is 0. The van der Waals surface area contributed by atoms with Crippen molar-refractivity contribution in [3.63, 3.8) is 0 Å². The molecule has 0 spiro atoms. The molecule has 1 unspecified atom stereocenters. The van der Waals surface area contributed by atoms with Crippen LogP contribution in [0.1, 0.15) is 180 Å². The number of alkyl halides is 6. The van der Waals surface area contributed by atoms with Gasteiger partial charge in [-0.05, 0) is 51.4 Å². The van der Waals surface area contributed by atoms with Crippen LogP contribution in [0.15, 0.2) is 0 Å². The van der Waals surface area contributed by atoms with Gasteiger partial charge < -0.3 is 27.9 Å². The van der Waals surface area contributed by atoms with Crippen molar-refractivity contribution in [1.82, 2.24) is 0 Å². The third kappa shape index (κ3) is 45.2. The third-order valence-corrected chi connectivity index (χ3v) is 10.3. The van der Waals surface area contributed by atoms with E-state index in [4.69, 9.17) is 18.5 Å². The molecule has 2 atom stereocenters. The lowest BCUT2D eigenvalue weighted by Crippen LogP contribution is -2.37. The van der Waals surface area contributed by atoms with Crippen LogP contribution in [-0.4, -0.2) is 82.4 Å². The van der Waals surface area contributed by atoms with Gasteiger partial charge in [0.15, 0.2) is 6.10 Å². The Morgan fingerprint density at radius 3 is 1.32 bits per heavy atom. The Hall–Kier alpha value is -2.29. The van der Waals surface area contributed by atoms with Crippen molar-refractivity contribution in [1.29, 1.82) is 0 Å². The second-order valence-electron chi connectivity index (χ2n) is 16.4. The molecule has 0 aromatic heterocycles. The molecule has 0 aliphatic heterocycles. The van der Waals surface area contributed by atoms with E-state index in [0.29, 0.717) is 36.7 Å². The van der Waals surface area contributed by atoms with Crippen LogP contribution >= 0.6 is 7.82 Å². The average Bonchev–Trinajstić information content (AvgIpc) is 3.14. The second-order valence-corrected chi connectivity index (χ2v) is 17.8. The van der Waals surface area contributed by atoms with E-state index in [1.165, 1.54) is 0 Å². The molecule has 9 nitrogen and oxygen atoms in total. The summed E-state index contributed by atoms with van der Waals surface area (Å²) in [6.45, 7) is -0.590. The number of esters is 2. The molecule has 0 aromatic rings. The van der Waals surface area contributed by atoms with Gasteiger partial charge in [-0.15, -0.1) is 23.7 Å².